The summed E-state index contributed by atoms with van der Waals surface area (Å²) in [6, 6.07) is 5.67. The minimum atomic E-state index is -3.35. The summed E-state index contributed by atoms with van der Waals surface area (Å²) in [6.07, 6.45) is 2.30. The molecule has 1 fully saturated rings. The highest BCUT2D eigenvalue weighted by molar-refractivity contribution is 9.10. The molecule has 1 saturated carbocycles. The molecule has 1 aromatic rings. The van der Waals surface area contributed by atoms with Gasteiger partial charge < -0.3 is 10.1 Å². The van der Waals surface area contributed by atoms with Crippen LogP contribution in [0.1, 0.15) is 12.8 Å². The molecular formula is C12H17BrN2O3S. The van der Waals surface area contributed by atoms with Crippen LogP contribution in [0, 0.1) is 0 Å². The normalized spacial score (nSPS) is 15.3. The summed E-state index contributed by atoms with van der Waals surface area (Å²) in [5.41, 5.74) is 0.491. The Morgan fingerprint density at radius 3 is 2.79 bits per heavy atom. The maximum atomic E-state index is 11.9. The fourth-order valence-corrected chi connectivity index (χ4v) is 3.08. The Morgan fingerprint density at radius 2 is 2.16 bits per heavy atom. The molecule has 0 amide bonds. The number of hydrogen-bond donors (Lipinski definition) is 2. The van der Waals surface area contributed by atoms with Gasteiger partial charge in [-0.3, -0.25) is 4.72 Å². The van der Waals surface area contributed by atoms with E-state index in [1.165, 1.54) is 0 Å². The van der Waals surface area contributed by atoms with Crippen LogP contribution in [0.25, 0.3) is 0 Å². The fourth-order valence-electron chi connectivity index (χ4n) is 1.61. The van der Waals surface area contributed by atoms with E-state index in [0.29, 0.717) is 28.5 Å². The lowest BCUT2D eigenvalue weighted by atomic mass is 10.3. The highest BCUT2D eigenvalue weighted by Crippen LogP contribution is 2.28. The standard InChI is InChI=1S/C12H17BrN2O3S/c1-18-10-4-5-11(13)12(8-10)15-19(16,17)7-6-14-9-2-3-9/h4-5,8-9,14-15H,2-3,6-7H2,1H3. The molecule has 19 heavy (non-hydrogen) atoms. The van der Waals surface area contributed by atoms with Gasteiger partial charge in [0.05, 0.1) is 18.6 Å². The second-order valence-corrected chi connectivity index (χ2v) is 7.19. The predicted molar refractivity (Wildman–Crippen MR) is 79.1 cm³/mol. The smallest absolute Gasteiger partial charge is 0.234 e. The number of sulfonamides is 1. The summed E-state index contributed by atoms with van der Waals surface area (Å²) in [4.78, 5) is 0. The van der Waals surface area contributed by atoms with Crippen LogP contribution in [0.5, 0.6) is 5.75 Å². The first-order chi connectivity index (χ1) is 9.00. The SMILES string of the molecule is COc1ccc(Br)c(NS(=O)(=O)CCNC2CC2)c1. The van der Waals surface area contributed by atoms with Crippen LogP contribution < -0.4 is 14.8 Å². The Labute approximate surface area is 121 Å². The average molecular weight is 349 g/mol. The highest BCUT2D eigenvalue weighted by atomic mass is 79.9. The number of ether oxygens (including phenoxy) is 1. The van der Waals surface area contributed by atoms with Crippen molar-refractivity contribution in [3.05, 3.63) is 22.7 Å². The van der Waals surface area contributed by atoms with Crippen molar-refractivity contribution in [2.75, 3.05) is 24.1 Å². The largest absolute Gasteiger partial charge is 0.497 e. The molecule has 0 heterocycles. The van der Waals surface area contributed by atoms with Crippen LogP contribution in [-0.4, -0.2) is 33.9 Å². The van der Waals surface area contributed by atoms with Gasteiger partial charge >= 0.3 is 0 Å². The first-order valence-electron chi connectivity index (χ1n) is 6.07. The minimum Gasteiger partial charge on any atom is -0.497 e. The molecule has 0 atom stereocenters. The highest BCUT2D eigenvalue weighted by Gasteiger charge is 2.21. The van der Waals surface area contributed by atoms with Crippen LogP contribution in [0.4, 0.5) is 5.69 Å². The molecule has 1 aliphatic carbocycles. The Kier molecular flexibility index (Phi) is 4.70. The summed E-state index contributed by atoms with van der Waals surface area (Å²) in [5.74, 6) is 0.671. The number of anilines is 1. The van der Waals surface area contributed by atoms with Crippen molar-refractivity contribution in [1.29, 1.82) is 0 Å². The number of rotatable bonds is 7. The average Bonchev–Trinajstić information content (AvgIpc) is 3.15. The third-order valence-electron chi connectivity index (χ3n) is 2.82. The van der Waals surface area contributed by atoms with E-state index in [1.807, 2.05) is 0 Å². The summed E-state index contributed by atoms with van der Waals surface area (Å²) in [5, 5.41) is 3.18. The van der Waals surface area contributed by atoms with E-state index < -0.39 is 10.0 Å². The van der Waals surface area contributed by atoms with Gasteiger partial charge in [0.1, 0.15) is 5.75 Å². The molecule has 2 N–H and O–H groups in total. The van der Waals surface area contributed by atoms with Gasteiger partial charge in [-0.05, 0) is 40.9 Å². The Balaban J connectivity index is 1.97. The second kappa shape index (κ2) is 6.11. The zero-order chi connectivity index (χ0) is 13.9. The molecule has 0 aromatic heterocycles. The number of benzene rings is 1. The Bertz CT molecular complexity index is 544. The monoisotopic (exact) mass is 348 g/mol. The van der Waals surface area contributed by atoms with E-state index in [0.717, 1.165) is 12.8 Å². The lowest BCUT2D eigenvalue weighted by Crippen LogP contribution is -2.28. The fraction of sp³-hybridized carbons (Fsp3) is 0.500. The number of methoxy groups -OCH3 is 1. The van der Waals surface area contributed by atoms with Crippen molar-refractivity contribution in [3.8, 4) is 5.75 Å². The van der Waals surface area contributed by atoms with E-state index in [2.05, 4.69) is 26.0 Å². The molecule has 7 heteroatoms. The molecule has 2 rings (SSSR count). The number of nitrogens with one attached hydrogen (secondary N) is 2. The maximum absolute atomic E-state index is 11.9. The summed E-state index contributed by atoms with van der Waals surface area (Å²) in [7, 11) is -1.81. The van der Waals surface area contributed by atoms with Crippen molar-refractivity contribution in [2.24, 2.45) is 0 Å². The first-order valence-corrected chi connectivity index (χ1v) is 8.52. The van der Waals surface area contributed by atoms with Crippen molar-refractivity contribution >= 4 is 31.6 Å². The van der Waals surface area contributed by atoms with E-state index in [1.54, 1.807) is 25.3 Å². The van der Waals surface area contributed by atoms with Crippen LogP contribution >= 0.6 is 15.9 Å². The van der Waals surface area contributed by atoms with E-state index in [9.17, 15) is 8.42 Å². The lowest BCUT2D eigenvalue weighted by molar-refractivity contribution is 0.415. The lowest BCUT2D eigenvalue weighted by Gasteiger charge is -2.11. The van der Waals surface area contributed by atoms with E-state index in [-0.39, 0.29) is 5.75 Å². The van der Waals surface area contributed by atoms with Crippen molar-refractivity contribution < 1.29 is 13.2 Å². The Hall–Kier alpha value is -0.790. The van der Waals surface area contributed by atoms with Crippen LogP contribution in [-0.2, 0) is 10.0 Å². The van der Waals surface area contributed by atoms with Gasteiger partial charge in [0.15, 0.2) is 0 Å². The molecule has 5 nitrogen and oxygen atoms in total. The van der Waals surface area contributed by atoms with Crippen LogP contribution in [0.3, 0.4) is 0 Å². The maximum Gasteiger partial charge on any atom is 0.234 e. The van der Waals surface area contributed by atoms with Crippen molar-refractivity contribution in [1.82, 2.24) is 5.32 Å². The second-order valence-electron chi connectivity index (χ2n) is 4.50. The molecule has 106 valence electrons. The van der Waals surface area contributed by atoms with Gasteiger partial charge in [-0.15, -0.1) is 0 Å². The van der Waals surface area contributed by atoms with E-state index >= 15 is 0 Å². The topological polar surface area (TPSA) is 67.4 Å². The predicted octanol–water partition coefficient (Wildman–Crippen LogP) is 1.95. The summed E-state index contributed by atoms with van der Waals surface area (Å²) < 4.78 is 32.2. The molecule has 0 spiro atoms. The molecule has 0 unspecified atom stereocenters. The summed E-state index contributed by atoms with van der Waals surface area (Å²) >= 11 is 3.32. The molecule has 0 radical (unpaired) electrons. The third-order valence-corrected chi connectivity index (χ3v) is 4.78. The Morgan fingerprint density at radius 1 is 1.42 bits per heavy atom. The molecule has 0 aliphatic heterocycles. The van der Waals surface area contributed by atoms with Crippen LogP contribution in [0.15, 0.2) is 22.7 Å². The van der Waals surface area contributed by atoms with E-state index in [4.69, 9.17) is 4.74 Å². The van der Waals surface area contributed by atoms with Crippen LogP contribution in [0.2, 0.25) is 0 Å². The molecular weight excluding hydrogens is 332 g/mol. The van der Waals surface area contributed by atoms with Gasteiger partial charge in [-0.25, -0.2) is 8.42 Å². The molecule has 0 saturated heterocycles. The molecule has 1 aliphatic rings. The third kappa shape index (κ3) is 4.67. The zero-order valence-electron chi connectivity index (χ0n) is 10.6. The van der Waals surface area contributed by atoms with Gasteiger partial charge in [-0.1, -0.05) is 0 Å². The number of halogens is 1. The minimum absolute atomic E-state index is 0.0626. The van der Waals surface area contributed by atoms with Crippen molar-refractivity contribution in [3.63, 3.8) is 0 Å². The quantitative estimate of drug-likeness (QED) is 0.790. The first kappa shape index (κ1) is 14.6. The van der Waals surface area contributed by atoms with Crippen molar-refractivity contribution in [2.45, 2.75) is 18.9 Å². The molecule has 1 aromatic carbocycles. The van der Waals surface area contributed by atoms with Gasteiger partial charge in [0, 0.05) is 23.1 Å². The molecule has 0 bridgehead atoms. The zero-order valence-corrected chi connectivity index (χ0v) is 13.1. The summed E-state index contributed by atoms with van der Waals surface area (Å²) in [6.45, 7) is 0.474. The number of hydrogen-bond acceptors (Lipinski definition) is 4. The van der Waals surface area contributed by atoms with Gasteiger partial charge in [-0.2, -0.15) is 0 Å². The van der Waals surface area contributed by atoms with Gasteiger partial charge in [0.25, 0.3) is 0 Å². The van der Waals surface area contributed by atoms with Gasteiger partial charge in [0.2, 0.25) is 10.0 Å².